The molecule has 0 bridgehead atoms. The molecule has 6 heteroatoms. The number of nitrogens with one attached hydrogen (secondary N) is 1. The molecule has 0 saturated carbocycles. The second-order valence-corrected chi connectivity index (χ2v) is 5.79. The molecule has 1 aliphatic rings. The molecule has 0 aliphatic carbocycles. The van der Waals surface area contributed by atoms with Gasteiger partial charge >= 0.3 is 0 Å². The van der Waals surface area contributed by atoms with E-state index in [1.165, 1.54) is 19.3 Å². The number of nitrogens with zero attached hydrogens (tertiary/aromatic N) is 2. The molecule has 110 valence electrons. The van der Waals surface area contributed by atoms with Gasteiger partial charge in [-0.2, -0.15) is 0 Å². The van der Waals surface area contributed by atoms with E-state index < -0.39 is 4.92 Å². The number of hydrogen-bond acceptors (Lipinski definition) is 4. The van der Waals surface area contributed by atoms with E-state index in [0.717, 1.165) is 18.7 Å². The van der Waals surface area contributed by atoms with E-state index in [1.54, 1.807) is 12.1 Å². The maximum Gasteiger partial charge on any atom is 0.288 e. The topological polar surface area (TPSA) is 58.4 Å². The first-order valence-corrected chi connectivity index (χ1v) is 7.29. The summed E-state index contributed by atoms with van der Waals surface area (Å²) in [4.78, 5) is 12.6. The van der Waals surface area contributed by atoms with Gasteiger partial charge in [0.05, 0.1) is 4.92 Å². The minimum atomic E-state index is -0.436. The standard InChI is InChI=1S/C14H20ClN3O2/c1-17(10-12-4-2-3-7-16-12)9-11-5-6-13(15)14(8-11)18(19)20/h5-6,8,12,16H,2-4,7,9-10H2,1H3. The van der Waals surface area contributed by atoms with Crippen LogP contribution in [0.15, 0.2) is 18.2 Å². The Morgan fingerprint density at radius 2 is 2.30 bits per heavy atom. The van der Waals surface area contributed by atoms with E-state index in [-0.39, 0.29) is 10.7 Å². The van der Waals surface area contributed by atoms with Gasteiger partial charge in [0.25, 0.3) is 5.69 Å². The molecule has 0 amide bonds. The van der Waals surface area contributed by atoms with Gasteiger partial charge in [-0.1, -0.05) is 24.1 Å². The first kappa shape index (κ1) is 15.2. The monoisotopic (exact) mass is 297 g/mol. The second kappa shape index (κ2) is 7.02. The van der Waals surface area contributed by atoms with Gasteiger partial charge in [-0.3, -0.25) is 10.1 Å². The molecule has 2 rings (SSSR count). The summed E-state index contributed by atoms with van der Waals surface area (Å²) in [5.41, 5.74) is 0.896. The molecule has 1 aliphatic heterocycles. The van der Waals surface area contributed by atoms with Gasteiger partial charge in [-0.15, -0.1) is 0 Å². The fourth-order valence-electron chi connectivity index (χ4n) is 2.63. The molecule has 1 saturated heterocycles. The first-order valence-electron chi connectivity index (χ1n) is 6.91. The number of nitro groups is 1. The Morgan fingerprint density at radius 3 is 2.95 bits per heavy atom. The predicted octanol–water partition coefficient (Wildman–Crippen LogP) is 2.82. The lowest BCUT2D eigenvalue weighted by atomic mass is 10.0. The van der Waals surface area contributed by atoms with Gasteiger partial charge in [0.1, 0.15) is 5.02 Å². The quantitative estimate of drug-likeness (QED) is 0.671. The average molecular weight is 298 g/mol. The summed E-state index contributed by atoms with van der Waals surface area (Å²) in [5, 5.41) is 14.6. The van der Waals surface area contributed by atoms with Gasteiger partial charge in [0.15, 0.2) is 0 Å². The molecule has 5 nitrogen and oxygen atoms in total. The SMILES string of the molecule is CN(Cc1ccc(Cl)c([N+](=O)[O-])c1)CC1CCCCN1. The highest BCUT2D eigenvalue weighted by molar-refractivity contribution is 6.32. The largest absolute Gasteiger partial charge is 0.313 e. The molecule has 1 N–H and O–H groups in total. The molecule has 1 fully saturated rings. The normalized spacial score (nSPS) is 19.2. The van der Waals surface area contributed by atoms with Gasteiger partial charge < -0.3 is 10.2 Å². The zero-order chi connectivity index (χ0) is 14.5. The van der Waals surface area contributed by atoms with Crippen LogP contribution in [-0.4, -0.2) is 36.0 Å². The number of rotatable bonds is 5. The summed E-state index contributed by atoms with van der Waals surface area (Å²) >= 11 is 5.82. The maximum absolute atomic E-state index is 10.9. The van der Waals surface area contributed by atoms with Crippen molar-refractivity contribution in [2.24, 2.45) is 0 Å². The number of nitro benzene ring substituents is 1. The Bertz CT molecular complexity index is 475. The molecule has 20 heavy (non-hydrogen) atoms. The summed E-state index contributed by atoms with van der Waals surface area (Å²) < 4.78 is 0. The number of likely N-dealkylation sites (N-methyl/N-ethyl adjacent to an activating group) is 1. The van der Waals surface area contributed by atoms with Crippen molar-refractivity contribution < 1.29 is 4.92 Å². The summed E-state index contributed by atoms with van der Waals surface area (Å²) in [6, 6.07) is 5.53. The fourth-order valence-corrected chi connectivity index (χ4v) is 2.82. The highest BCUT2D eigenvalue weighted by atomic mass is 35.5. The number of benzene rings is 1. The second-order valence-electron chi connectivity index (χ2n) is 5.39. The third-order valence-electron chi connectivity index (χ3n) is 3.60. The minimum absolute atomic E-state index is 0.0200. The number of piperidine rings is 1. The van der Waals surface area contributed by atoms with E-state index in [1.807, 2.05) is 13.1 Å². The van der Waals surface area contributed by atoms with Crippen LogP contribution < -0.4 is 5.32 Å². The average Bonchev–Trinajstić information content (AvgIpc) is 2.41. The molecule has 1 aromatic rings. The first-order chi connectivity index (χ1) is 9.56. The highest BCUT2D eigenvalue weighted by Gasteiger charge is 2.16. The Hall–Kier alpha value is -1.17. The Labute approximate surface area is 124 Å². The zero-order valence-corrected chi connectivity index (χ0v) is 12.4. The summed E-state index contributed by atoms with van der Waals surface area (Å²) in [6.45, 7) is 2.73. The van der Waals surface area contributed by atoms with Crippen LogP contribution in [0.1, 0.15) is 24.8 Å². The van der Waals surface area contributed by atoms with Crippen molar-refractivity contribution >= 4 is 17.3 Å². The predicted molar refractivity (Wildman–Crippen MR) is 80.1 cm³/mol. The number of halogens is 1. The lowest BCUT2D eigenvalue weighted by molar-refractivity contribution is -0.384. The van der Waals surface area contributed by atoms with Gasteiger partial charge in [0, 0.05) is 25.2 Å². The van der Waals surface area contributed by atoms with E-state index in [4.69, 9.17) is 11.6 Å². The van der Waals surface area contributed by atoms with E-state index in [2.05, 4.69) is 10.2 Å². The van der Waals surface area contributed by atoms with Crippen LogP contribution >= 0.6 is 11.6 Å². The summed E-state index contributed by atoms with van der Waals surface area (Å²) in [7, 11) is 2.04. The lowest BCUT2D eigenvalue weighted by Gasteiger charge is -2.28. The third-order valence-corrected chi connectivity index (χ3v) is 3.92. The molecule has 1 atom stereocenters. The molecule has 1 heterocycles. The Kier molecular flexibility index (Phi) is 5.34. The van der Waals surface area contributed by atoms with Crippen molar-refractivity contribution in [1.82, 2.24) is 10.2 Å². The van der Waals surface area contributed by atoms with Crippen molar-refractivity contribution in [1.29, 1.82) is 0 Å². The molecule has 0 spiro atoms. The Balaban J connectivity index is 1.95. The minimum Gasteiger partial charge on any atom is -0.313 e. The molecular weight excluding hydrogens is 278 g/mol. The van der Waals surface area contributed by atoms with E-state index in [9.17, 15) is 10.1 Å². The van der Waals surface area contributed by atoms with Crippen molar-refractivity contribution in [2.75, 3.05) is 20.1 Å². The molecule has 0 radical (unpaired) electrons. The summed E-state index contributed by atoms with van der Waals surface area (Å²) in [6.07, 6.45) is 3.73. The Morgan fingerprint density at radius 1 is 1.50 bits per heavy atom. The number of hydrogen-bond donors (Lipinski definition) is 1. The zero-order valence-electron chi connectivity index (χ0n) is 11.6. The molecule has 1 aromatic carbocycles. The lowest BCUT2D eigenvalue weighted by Crippen LogP contribution is -2.42. The van der Waals surface area contributed by atoms with Crippen LogP contribution in [0.4, 0.5) is 5.69 Å². The smallest absolute Gasteiger partial charge is 0.288 e. The van der Waals surface area contributed by atoms with Gasteiger partial charge in [-0.05, 0) is 38.1 Å². The summed E-state index contributed by atoms with van der Waals surface area (Å²) in [5.74, 6) is 0. The molecule has 1 unspecified atom stereocenters. The van der Waals surface area contributed by atoms with Gasteiger partial charge in [-0.25, -0.2) is 0 Å². The van der Waals surface area contributed by atoms with Crippen LogP contribution in [0.5, 0.6) is 0 Å². The molecular formula is C14H20ClN3O2. The van der Waals surface area contributed by atoms with Crippen LogP contribution in [0.25, 0.3) is 0 Å². The third kappa shape index (κ3) is 4.16. The van der Waals surface area contributed by atoms with Crippen molar-refractivity contribution in [3.8, 4) is 0 Å². The fraction of sp³-hybridized carbons (Fsp3) is 0.571. The maximum atomic E-state index is 10.9. The van der Waals surface area contributed by atoms with E-state index in [0.29, 0.717) is 12.6 Å². The van der Waals surface area contributed by atoms with E-state index >= 15 is 0 Å². The van der Waals surface area contributed by atoms with Crippen molar-refractivity contribution in [3.05, 3.63) is 38.9 Å². The highest BCUT2D eigenvalue weighted by Crippen LogP contribution is 2.25. The van der Waals surface area contributed by atoms with Crippen LogP contribution in [0.3, 0.4) is 0 Å². The van der Waals surface area contributed by atoms with Gasteiger partial charge in [0.2, 0.25) is 0 Å². The molecule has 0 aromatic heterocycles. The van der Waals surface area contributed by atoms with Crippen LogP contribution in [-0.2, 0) is 6.54 Å². The van der Waals surface area contributed by atoms with Crippen molar-refractivity contribution in [2.45, 2.75) is 31.8 Å². The van der Waals surface area contributed by atoms with Crippen LogP contribution in [0, 0.1) is 10.1 Å². The van der Waals surface area contributed by atoms with Crippen molar-refractivity contribution in [3.63, 3.8) is 0 Å². The van der Waals surface area contributed by atoms with Crippen LogP contribution in [0.2, 0.25) is 5.02 Å².